The summed E-state index contributed by atoms with van der Waals surface area (Å²) in [6.45, 7) is 4.11. The van der Waals surface area contributed by atoms with E-state index in [1.54, 1.807) is 30.6 Å². The van der Waals surface area contributed by atoms with Crippen LogP contribution in [0.15, 0.2) is 30.6 Å². The van der Waals surface area contributed by atoms with Crippen LogP contribution in [0.25, 0.3) is 0 Å². The number of aliphatic carboxylic acids is 1. The van der Waals surface area contributed by atoms with Gasteiger partial charge in [-0.3, -0.25) is 14.5 Å². The van der Waals surface area contributed by atoms with Crippen LogP contribution < -0.4 is 15.2 Å². The number of carbonyl (C=O) groups excluding carboxylic acids is 1. The van der Waals surface area contributed by atoms with E-state index in [4.69, 9.17) is 15.2 Å². The van der Waals surface area contributed by atoms with E-state index in [9.17, 15) is 19.8 Å². The van der Waals surface area contributed by atoms with Gasteiger partial charge >= 0.3 is 5.97 Å². The summed E-state index contributed by atoms with van der Waals surface area (Å²) in [5.41, 5.74) is 7.02. The van der Waals surface area contributed by atoms with Gasteiger partial charge in [-0.2, -0.15) is 0 Å². The number of rotatable bonds is 14. The quantitative estimate of drug-likeness (QED) is 0.323. The second-order valence-electron chi connectivity index (χ2n) is 10.1. The van der Waals surface area contributed by atoms with Gasteiger partial charge in [0, 0.05) is 56.0 Å². The number of fused-ring (bicyclic) bond motifs is 1. The fourth-order valence-electron chi connectivity index (χ4n) is 5.63. The molecule has 0 aliphatic carbocycles. The highest BCUT2D eigenvalue weighted by molar-refractivity contribution is 5.79. The lowest BCUT2D eigenvalue weighted by molar-refractivity contribution is -0.143. The molecule has 212 valence electrons. The molecule has 2 aromatic rings. The SMILES string of the molecule is CCCCN(CCCN)C(=O)CN1C[C@H](c2cc(CO)c3c(c2)OCO3)[C@@H](C(=O)O)[C@@H]1CCc1ncccn1. The number of aliphatic hydroxyl groups is 1. The minimum atomic E-state index is -0.928. The number of unbranched alkanes of at least 4 members (excludes halogenated alkanes) is 1. The zero-order valence-corrected chi connectivity index (χ0v) is 22.5. The lowest BCUT2D eigenvalue weighted by Crippen LogP contribution is -2.45. The molecule has 4 N–H and O–H groups in total. The number of carbonyl (C=O) groups is 2. The smallest absolute Gasteiger partial charge is 0.308 e. The Morgan fingerprint density at radius 3 is 2.64 bits per heavy atom. The molecule has 2 aliphatic rings. The lowest BCUT2D eigenvalue weighted by atomic mass is 9.83. The van der Waals surface area contributed by atoms with Gasteiger partial charge in [0.05, 0.1) is 19.1 Å². The third-order valence-electron chi connectivity index (χ3n) is 7.59. The summed E-state index contributed by atoms with van der Waals surface area (Å²) in [4.78, 5) is 38.7. The number of hydrogen-bond donors (Lipinski definition) is 3. The molecule has 0 unspecified atom stereocenters. The normalized spacial score (nSPS) is 20.3. The number of aryl methyl sites for hydroxylation is 1. The van der Waals surface area contributed by atoms with Crippen molar-refractivity contribution in [2.45, 2.75) is 57.6 Å². The van der Waals surface area contributed by atoms with Gasteiger partial charge in [0.1, 0.15) is 5.82 Å². The molecule has 4 rings (SSSR count). The van der Waals surface area contributed by atoms with Crippen LogP contribution in [0.1, 0.15) is 55.5 Å². The molecular weight excluding hydrogens is 502 g/mol. The third kappa shape index (κ3) is 6.84. The van der Waals surface area contributed by atoms with Gasteiger partial charge in [-0.25, -0.2) is 9.97 Å². The van der Waals surface area contributed by atoms with E-state index in [2.05, 4.69) is 16.9 Å². The van der Waals surface area contributed by atoms with Crippen molar-refractivity contribution in [1.82, 2.24) is 19.8 Å². The molecule has 0 bridgehead atoms. The van der Waals surface area contributed by atoms with Crippen molar-refractivity contribution in [1.29, 1.82) is 0 Å². The Kier molecular flexibility index (Phi) is 10.1. The number of carboxylic acid groups (broad SMARTS) is 1. The maximum Gasteiger partial charge on any atom is 0.308 e. The summed E-state index contributed by atoms with van der Waals surface area (Å²) in [5, 5.41) is 20.4. The van der Waals surface area contributed by atoms with Crippen molar-refractivity contribution >= 4 is 11.9 Å². The zero-order valence-electron chi connectivity index (χ0n) is 22.5. The first-order valence-corrected chi connectivity index (χ1v) is 13.7. The molecule has 2 aliphatic heterocycles. The Hall–Kier alpha value is -3.28. The molecule has 0 radical (unpaired) electrons. The number of ether oxygens (including phenoxy) is 2. The van der Waals surface area contributed by atoms with Gasteiger partial charge in [-0.15, -0.1) is 0 Å². The van der Waals surface area contributed by atoms with Crippen molar-refractivity contribution < 1.29 is 29.3 Å². The minimum Gasteiger partial charge on any atom is -0.481 e. The van der Waals surface area contributed by atoms with E-state index in [1.807, 2.05) is 9.80 Å². The van der Waals surface area contributed by atoms with Crippen LogP contribution in [0.3, 0.4) is 0 Å². The van der Waals surface area contributed by atoms with Gasteiger partial charge in [-0.1, -0.05) is 13.3 Å². The molecule has 1 amide bonds. The highest BCUT2D eigenvalue weighted by Gasteiger charge is 2.47. The predicted molar refractivity (Wildman–Crippen MR) is 143 cm³/mol. The van der Waals surface area contributed by atoms with E-state index in [0.29, 0.717) is 68.3 Å². The molecule has 1 aromatic carbocycles. The summed E-state index contributed by atoms with van der Waals surface area (Å²) in [6.07, 6.45) is 6.89. The molecule has 1 aromatic heterocycles. The summed E-state index contributed by atoms with van der Waals surface area (Å²) < 4.78 is 11.1. The molecule has 1 fully saturated rings. The molecule has 0 spiro atoms. The van der Waals surface area contributed by atoms with Crippen LogP contribution in [0, 0.1) is 5.92 Å². The summed E-state index contributed by atoms with van der Waals surface area (Å²) in [6, 6.07) is 4.93. The number of aromatic nitrogens is 2. The number of nitrogens with two attached hydrogens (primary N) is 1. The number of likely N-dealkylation sites (tertiary alicyclic amines) is 1. The predicted octanol–water partition coefficient (Wildman–Crippen LogP) is 1.78. The van der Waals surface area contributed by atoms with Gasteiger partial charge in [-0.05, 0) is 49.6 Å². The van der Waals surface area contributed by atoms with Crippen LogP contribution >= 0.6 is 0 Å². The van der Waals surface area contributed by atoms with Crippen molar-refractivity contribution in [2.75, 3.05) is 39.5 Å². The van der Waals surface area contributed by atoms with Crippen LogP contribution in [0.5, 0.6) is 11.5 Å². The Labute approximate surface area is 228 Å². The van der Waals surface area contributed by atoms with Crippen molar-refractivity contribution in [3.8, 4) is 11.5 Å². The number of amides is 1. The zero-order chi connectivity index (χ0) is 27.8. The maximum absolute atomic E-state index is 13.5. The number of aliphatic hydroxyl groups excluding tert-OH is 1. The molecule has 11 heteroatoms. The van der Waals surface area contributed by atoms with Crippen molar-refractivity contribution in [2.24, 2.45) is 11.7 Å². The second-order valence-corrected chi connectivity index (χ2v) is 10.1. The summed E-state index contributed by atoms with van der Waals surface area (Å²) in [7, 11) is 0. The summed E-state index contributed by atoms with van der Waals surface area (Å²) in [5.74, 6) is -0.520. The largest absolute Gasteiger partial charge is 0.481 e. The minimum absolute atomic E-state index is 0.0237. The molecular formula is C28H39N5O6. The number of benzene rings is 1. The third-order valence-corrected chi connectivity index (χ3v) is 7.59. The molecule has 1 saturated heterocycles. The Bertz CT molecular complexity index is 1110. The first kappa shape index (κ1) is 28.7. The van der Waals surface area contributed by atoms with E-state index in [0.717, 1.165) is 18.4 Å². The van der Waals surface area contributed by atoms with Crippen molar-refractivity contribution in [3.63, 3.8) is 0 Å². The first-order chi connectivity index (χ1) is 19.0. The number of carboxylic acids is 1. The topological polar surface area (TPSA) is 151 Å². The van der Waals surface area contributed by atoms with E-state index in [-0.39, 0.29) is 25.9 Å². The summed E-state index contributed by atoms with van der Waals surface area (Å²) >= 11 is 0. The molecule has 0 saturated carbocycles. The standard InChI is InChI=1S/C28H39N5O6/c1-2-3-11-32(12-4-8-29)25(35)16-33-15-21(19-13-20(17-34)27-23(14-19)38-18-39-27)26(28(36)37)22(33)6-7-24-30-9-5-10-31-24/h5,9-10,13-14,21-22,26,34H,2-4,6-8,11-12,15-18,29H2,1H3,(H,36,37)/t21-,22+,26-/m1/s1. The highest BCUT2D eigenvalue weighted by Crippen LogP contribution is 2.44. The Morgan fingerprint density at radius 1 is 1.18 bits per heavy atom. The molecule has 39 heavy (non-hydrogen) atoms. The Morgan fingerprint density at radius 2 is 1.95 bits per heavy atom. The van der Waals surface area contributed by atoms with Crippen LogP contribution in [0.4, 0.5) is 0 Å². The van der Waals surface area contributed by atoms with Gasteiger partial charge in [0.25, 0.3) is 0 Å². The van der Waals surface area contributed by atoms with Gasteiger partial charge in [0.15, 0.2) is 11.5 Å². The molecule has 3 atom stereocenters. The maximum atomic E-state index is 13.5. The first-order valence-electron chi connectivity index (χ1n) is 13.7. The fraction of sp³-hybridized carbons (Fsp3) is 0.571. The number of hydrogen-bond acceptors (Lipinski definition) is 9. The number of nitrogens with zero attached hydrogens (tertiary/aromatic N) is 4. The van der Waals surface area contributed by atoms with Crippen molar-refractivity contribution in [3.05, 3.63) is 47.5 Å². The molecule has 3 heterocycles. The van der Waals surface area contributed by atoms with Crippen LogP contribution in [0.2, 0.25) is 0 Å². The van der Waals surface area contributed by atoms with E-state index in [1.165, 1.54) is 0 Å². The van der Waals surface area contributed by atoms with Gasteiger partial charge < -0.3 is 30.3 Å². The van der Waals surface area contributed by atoms with Crippen LogP contribution in [-0.4, -0.2) is 87.4 Å². The lowest BCUT2D eigenvalue weighted by Gasteiger charge is -2.29. The van der Waals surface area contributed by atoms with Crippen LogP contribution in [-0.2, 0) is 22.6 Å². The van der Waals surface area contributed by atoms with E-state index >= 15 is 0 Å². The van der Waals surface area contributed by atoms with E-state index < -0.39 is 23.8 Å². The highest BCUT2D eigenvalue weighted by atomic mass is 16.7. The second kappa shape index (κ2) is 13.7. The van der Waals surface area contributed by atoms with Gasteiger partial charge in [0.2, 0.25) is 12.7 Å². The monoisotopic (exact) mass is 541 g/mol. The average Bonchev–Trinajstić information content (AvgIpc) is 3.56. The molecule has 11 nitrogen and oxygen atoms in total. The average molecular weight is 542 g/mol. The fourth-order valence-corrected chi connectivity index (χ4v) is 5.63. The Balaban J connectivity index is 1.63.